The van der Waals surface area contributed by atoms with E-state index in [2.05, 4.69) is 28.3 Å². The van der Waals surface area contributed by atoms with Crippen LogP contribution in [0.2, 0.25) is 0 Å². The summed E-state index contributed by atoms with van der Waals surface area (Å²) in [7, 11) is 0. The van der Waals surface area contributed by atoms with Crippen molar-refractivity contribution in [3.63, 3.8) is 0 Å². The molecule has 1 aliphatic heterocycles. The van der Waals surface area contributed by atoms with E-state index in [0.29, 0.717) is 29.5 Å². The van der Waals surface area contributed by atoms with Crippen LogP contribution in [0.25, 0.3) is 17.1 Å². The van der Waals surface area contributed by atoms with Crippen molar-refractivity contribution in [2.75, 3.05) is 6.54 Å². The van der Waals surface area contributed by atoms with Crippen LogP contribution < -0.4 is 0 Å². The molecule has 0 bridgehead atoms. The van der Waals surface area contributed by atoms with Crippen LogP contribution in [0.1, 0.15) is 57.3 Å². The molecule has 1 amide bonds. The molecule has 1 saturated heterocycles. The highest BCUT2D eigenvalue weighted by Gasteiger charge is 2.35. The van der Waals surface area contributed by atoms with E-state index < -0.39 is 0 Å². The molecular formula is C25H26N6O2. The molecule has 8 heteroatoms. The van der Waals surface area contributed by atoms with Crippen LogP contribution in [0, 0.1) is 27.7 Å². The van der Waals surface area contributed by atoms with Crippen molar-refractivity contribution < 1.29 is 9.32 Å². The number of carbonyl (C=O) groups is 1. The summed E-state index contributed by atoms with van der Waals surface area (Å²) in [6, 6.07) is 9.67. The molecule has 1 atom stereocenters. The van der Waals surface area contributed by atoms with Gasteiger partial charge in [-0.25, -0.2) is 0 Å². The number of rotatable bonds is 4. The maximum absolute atomic E-state index is 13.8. The third-order valence-corrected chi connectivity index (χ3v) is 6.57. The van der Waals surface area contributed by atoms with E-state index in [1.165, 1.54) is 10.4 Å². The SMILES string of the molecule is Cc1cc(C(=O)N2CCCC2c2noc(-c3cccc(C)c3C)n2)c(-n2nccn2)cc1C. The van der Waals surface area contributed by atoms with E-state index in [0.717, 1.165) is 35.1 Å². The van der Waals surface area contributed by atoms with Gasteiger partial charge in [0.15, 0.2) is 5.82 Å². The number of benzene rings is 2. The Kier molecular flexibility index (Phi) is 5.28. The number of hydrogen-bond acceptors (Lipinski definition) is 6. The molecule has 0 saturated carbocycles. The van der Waals surface area contributed by atoms with Crippen molar-refractivity contribution in [3.8, 4) is 17.1 Å². The highest BCUT2D eigenvalue weighted by atomic mass is 16.5. The Balaban J connectivity index is 1.49. The molecule has 8 nitrogen and oxygen atoms in total. The van der Waals surface area contributed by atoms with E-state index in [1.54, 1.807) is 12.4 Å². The van der Waals surface area contributed by atoms with Gasteiger partial charge in [-0.05, 0) is 81.0 Å². The topological polar surface area (TPSA) is 89.9 Å². The zero-order valence-electron chi connectivity index (χ0n) is 19.2. The summed E-state index contributed by atoms with van der Waals surface area (Å²) in [5, 5.41) is 12.8. The molecule has 3 heterocycles. The number of carbonyl (C=O) groups excluding carboxylic acids is 1. The minimum absolute atomic E-state index is 0.0778. The molecule has 0 radical (unpaired) electrons. The minimum atomic E-state index is -0.236. The van der Waals surface area contributed by atoms with Crippen LogP contribution in [0.3, 0.4) is 0 Å². The van der Waals surface area contributed by atoms with Crippen LogP contribution in [-0.4, -0.2) is 42.5 Å². The van der Waals surface area contributed by atoms with Crippen molar-refractivity contribution in [2.45, 2.75) is 46.6 Å². The first-order valence-electron chi connectivity index (χ1n) is 11.1. The van der Waals surface area contributed by atoms with Crippen molar-refractivity contribution in [2.24, 2.45) is 0 Å². The smallest absolute Gasteiger partial charge is 0.258 e. The second kappa shape index (κ2) is 8.27. The summed E-state index contributed by atoms with van der Waals surface area (Å²) in [5.41, 5.74) is 6.56. The molecule has 168 valence electrons. The van der Waals surface area contributed by atoms with Crippen LogP contribution in [0.15, 0.2) is 47.2 Å². The van der Waals surface area contributed by atoms with Crippen molar-refractivity contribution >= 4 is 5.91 Å². The van der Waals surface area contributed by atoms with E-state index >= 15 is 0 Å². The predicted molar refractivity (Wildman–Crippen MR) is 123 cm³/mol. The number of likely N-dealkylation sites (tertiary alicyclic amines) is 1. The lowest BCUT2D eigenvalue weighted by molar-refractivity contribution is 0.0728. The van der Waals surface area contributed by atoms with E-state index in [-0.39, 0.29) is 11.9 Å². The van der Waals surface area contributed by atoms with Gasteiger partial charge < -0.3 is 9.42 Å². The standard InChI is InChI=1S/C25H26N6O2/c1-15-7-5-8-19(18(15)4)24-28-23(29-33-24)21-9-6-12-30(21)25(32)20-13-16(2)17(3)14-22(20)31-26-10-11-27-31/h5,7-8,10-11,13-14,21H,6,9,12H2,1-4H3. The summed E-state index contributed by atoms with van der Waals surface area (Å²) in [6.07, 6.45) is 4.88. The first-order valence-corrected chi connectivity index (χ1v) is 11.1. The first-order chi connectivity index (χ1) is 15.9. The lowest BCUT2D eigenvalue weighted by atomic mass is 10.0. The Bertz CT molecular complexity index is 1320. The van der Waals surface area contributed by atoms with Crippen molar-refractivity contribution in [1.29, 1.82) is 0 Å². The Hall–Kier alpha value is -3.81. The van der Waals surface area contributed by atoms with Gasteiger partial charge >= 0.3 is 0 Å². The van der Waals surface area contributed by atoms with Gasteiger partial charge in [-0.2, -0.15) is 20.0 Å². The zero-order valence-corrected chi connectivity index (χ0v) is 19.2. The molecule has 0 N–H and O–H groups in total. The Morgan fingerprint density at radius 2 is 1.79 bits per heavy atom. The predicted octanol–water partition coefficient (Wildman–Crippen LogP) is 4.53. The summed E-state index contributed by atoms with van der Waals surface area (Å²) >= 11 is 0. The second-order valence-electron chi connectivity index (χ2n) is 8.63. The maximum Gasteiger partial charge on any atom is 0.258 e. The van der Waals surface area contributed by atoms with Crippen LogP contribution in [0.4, 0.5) is 0 Å². The monoisotopic (exact) mass is 442 g/mol. The fourth-order valence-corrected chi connectivity index (χ4v) is 4.37. The molecule has 4 aromatic rings. The maximum atomic E-state index is 13.8. The van der Waals surface area contributed by atoms with Gasteiger partial charge in [-0.15, -0.1) is 0 Å². The summed E-state index contributed by atoms with van der Waals surface area (Å²) in [6.45, 7) is 8.76. The molecule has 1 unspecified atom stereocenters. The van der Waals surface area contributed by atoms with Gasteiger partial charge in [0, 0.05) is 12.1 Å². The highest BCUT2D eigenvalue weighted by Crippen LogP contribution is 2.34. The van der Waals surface area contributed by atoms with E-state index in [9.17, 15) is 4.79 Å². The number of amides is 1. The van der Waals surface area contributed by atoms with Gasteiger partial charge in [0.1, 0.15) is 0 Å². The largest absolute Gasteiger partial charge is 0.334 e. The Labute approximate surface area is 192 Å². The van der Waals surface area contributed by atoms with Gasteiger partial charge in [-0.3, -0.25) is 4.79 Å². The van der Waals surface area contributed by atoms with Gasteiger partial charge in [-0.1, -0.05) is 17.3 Å². The molecule has 33 heavy (non-hydrogen) atoms. The zero-order chi connectivity index (χ0) is 23.1. The average molecular weight is 443 g/mol. The molecular weight excluding hydrogens is 416 g/mol. The van der Waals surface area contributed by atoms with Crippen LogP contribution in [0.5, 0.6) is 0 Å². The molecule has 5 rings (SSSR count). The first kappa shape index (κ1) is 21.1. The number of hydrogen-bond donors (Lipinski definition) is 0. The minimum Gasteiger partial charge on any atom is -0.334 e. The van der Waals surface area contributed by atoms with Gasteiger partial charge in [0.05, 0.1) is 29.7 Å². The molecule has 2 aromatic heterocycles. The molecule has 1 aliphatic rings. The third-order valence-electron chi connectivity index (χ3n) is 6.57. The second-order valence-corrected chi connectivity index (χ2v) is 8.63. The van der Waals surface area contributed by atoms with Gasteiger partial charge in [0.2, 0.25) is 0 Å². The fourth-order valence-electron chi connectivity index (χ4n) is 4.37. The molecule has 0 aliphatic carbocycles. The Morgan fingerprint density at radius 3 is 2.58 bits per heavy atom. The number of aromatic nitrogens is 5. The normalized spacial score (nSPS) is 15.9. The molecule has 2 aromatic carbocycles. The fraction of sp³-hybridized carbons (Fsp3) is 0.320. The molecule has 1 fully saturated rings. The van der Waals surface area contributed by atoms with E-state index in [1.807, 2.05) is 49.9 Å². The number of aryl methyl sites for hydroxylation is 3. The van der Waals surface area contributed by atoms with Gasteiger partial charge in [0.25, 0.3) is 11.8 Å². The summed E-state index contributed by atoms with van der Waals surface area (Å²) in [4.78, 5) is 21.8. The lowest BCUT2D eigenvalue weighted by Crippen LogP contribution is -2.32. The summed E-state index contributed by atoms with van der Waals surface area (Å²) < 4.78 is 5.63. The third kappa shape index (κ3) is 3.71. The van der Waals surface area contributed by atoms with E-state index in [4.69, 9.17) is 9.51 Å². The quantitative estimate of drug-likeness (QED) is 0.461. The van der Waals surface area contributed by atoms with Crippen molar-refractivity contribution in [3.05, 3.63) is 76.4 Å². The Morgan fingerprint density at radius 1 is 1.03 bits per heavy atom. The van der Waals surface area contributed by atoms with Crippen LogP contribution >= 0.6 is 0 Å². The molecule has 0 spiro atoms. The summed E-state index contributed by atoms with van der Waals surface area (Å²) in [5.74, 6) is 0.948. The average Bonchev–Trinajstić information content (AvgIpc) is 3.58. The lowest BCUT2D eigenvalue weighted by Gasteiger charge is -2.24. The van der Waals surface area contributed by atoms with Crippen molar-refractivity contribution in [1.82, 2.24) is 30.0 Å². The number of nitrogens with zero attached hydrogens (tertiary/aromatic N) is 6. The highest BCUT2D eigenvalue weighted by molar-refractivity contribution is 5.98. The van der Waals surface area contributed by atoms with Crippen LogP contribution in [-0.2, 0) is 0 Å².